The second kappa shape index (κ2) is 8.95. The summed E-state index contributed by atoms with van der Waals surface area (Å²) in [6.07, 6.45) is 0. The maximum atomic E-state index is 12.2. The van der Waals surface area contributed by atoms with Crippen LogP contribution in [0.15, 0.2) is 60.0 Å². The van der Waals surface area contributed by atoms with Crippen LogP contribution in [0.4, 0.5) is 0 Å². The Morgan fingerprint density at radius 2 is 1.74 bits per heavy atom. The predicted octanol–water partition coefficient (Wildman–Crippen LogP) is 2.49. The number of amides is 2. The highest BCUT2D eigenvalue weighted by atomic mass is 32.1. The minimum atomic E-state index is -0.671. The molecule has 0 aliphatic rings. The molecule has 0 fully saturated rings. The van der Waals surface area contributed by atoms with Crippen molar-refractivity contribution >= 4 is 39.9 Å². The van der Waals surface area contributed by atoms with Gasteiger partial charge >= 0.3 is 5.97 Å². The Balaban J connectivity index is 1.41. The summed E-state index contributed by atoms with van der Waals surface area (Å²) in [6, 6.07) is 16.8. The van der Waals surface area contributed by atoms with E-state index in [1.54, 1.807) is 12.1 Å². The van der Waals surface area contributed by atoms with Gasteiger partial charge in [-0.1, -0.05) is 36.4 Å². The Morgan fingerprint density at radius 1 is 0.926 bits per heavy atom. The van der Waals surface area contributed by atoms with Gasteiger partial charge in [0.15, 0.2) is 6.61 Å². The number of fused-ring (bicyclic) bond motifs is 1. The van der Waals surface area contributed by atoms with Crippen molar-refractivity contribution in [2.24, 2.45) is 0 Å². The van der Waals surface area contributed by atoms with Gasteiger partial charge in [0.2, 0.25) is 0 Å². The van der Waals surface area contributed by atoms with Crippen molar-refractivity contribution in [2.75, 3.05) is 13.2 Å². The van der Waals surface area contributed by atoms with Gasteiger partial charge < -0.3 is 15.4 Å². The number of ether oxygens (including phenoxy) is 1. The van der Waals surface area contributed by atoms with Gasteiger partial charge in [-0.15, -0.1) is 11.3 Å². The monoisotopic (exact) mass is 382 g/mol. The lowest BCUT2D eigenvalue weighted by Gasteiger charge is -2.08. The highest BCUT2D eigenvalue weighted by Crippen LogP contribution is 2.15. The van der Waals surface area contributed by atoms with Gasteiger partial charge in [-0.3, -0.25) is 14.4 Å². The highest BCUT2D eigenvalue weighted by molar-refractivity contribution is 7.09. The smallest absolute Gasteiger partial charge is 0.325 e. The number of hydrogen-bond acceptors (Lipinski definition) is 5. The summed E-state index contributed by atoms with van der Waals surface area (Å²) in [5.41, 5.74) is 0.454. The average Bonchev–Trinajstić information content (AvgIpc) is 3.22. The molecule has 3 aromatic rings. The lowest BCUT2D eigenvalue weighted by Crippen LogP contribution is -2.33. The van der Waals surface area contributed by atoms with E-state index in [0.29, 0.717) is 12.1 Å². The Hall–Kier alpha value is -3.19. The average molecular weight is 382 g/mol. The summed E-state index contributed by atoms with van der Waals surface area (Å²) in [5.74, 6) is -1.44. The van der Waals surface area contributed by atoms with E-state index in [1.807, 2.05) is 47.8 Å². The maximum absolute atomic E-state index is 12.2. The van der Waals surface area contributed by atoms with Gasteiger partial charge in [-0.2, -0.15) is 0 Å². The van der Waals surface area contributed by atoms with E-state index in [-0.39, 0.29) is 19.1 Å². The molecule has 7 heteroatoms. The molecule has 2 aromatic carbocycles. The molecule has 0 radical (unpaired) electrons. The Morgan fingerprint density at radius 3 is 2.52 bits per heavy atom. The number of rotatable bonds is 7. The van der Waals surface area contributed by atoms with E-state index in [0.717, 1.165) is 15.6 Å². The zero-order chi connectivity index (χ0) is 19.1. The lowest BCUT2D eigenvalue weighted by molar-refractivity contribution is -0.147. The van der Waals surface area contributed by atoms with Crippen LogP contribution in [-0.4, -0.2) is 30.9 Å². The molecule has 0 spiro atoms. The first-order valence-corrected chi connectivity index (χ1v) is 9.21. The Labute approximate surface area is 160 Å². The number of esters is 1. The number of thiophene rings is 1. The van der Waals surface area contributed by atoms with Crippen molar-refractivity contribution in [1.82, 2.24) is 10.6 Å². The van der Waals surface area contributed by atoms with Crippen LogP contribution >= 0.6 is 11.3 Å². The van der Waals surface area contributed by atoms with E-state index in [4.69, 9.17) is 4.74 Å². The molecular formula is C20H18N2O4S. The minimum Gasteiger partial charge on any atom is -0.454 e. The summed E-state index contributed by atoms with van der Waals surface area (Å²) in [7, 11) is 0. The van der Waals surface area contributed by atoms with Crippen LogP contribution in [0.1, 0.15) is 15.2 Å². The van der Waals surface area contributed by atoms with E-state index in [9.17, 15) is 14.4 Å². The molecule has 0 bridgehead atoms. The van der Waals surface area contributed by atoms with E-state index in [1.165, 1.54) is 11.3 Å². The summed E-state index contributed by atoms with van der Waals surface area (Å²) in [4.78, 5) is 36.5. The maximum Gasteiger partial charge on any atom is 0.325 e. The molecule has 0 saturated heterocycles. The molecule has 0 aliphatic heterocycles. The number of carbonyl (C=O) groups is 3. The van der Waals surface area contributed by atoms with Gasteiger partial charge in [0.25, 0.3) is 11.8 Å². The number of hydrogen-bond donors (Lipinski definition) is 2. The third-order valence-corrected chi connectivity index (χ3v) is 4.69. The van der Waals surface area contributed by atoms with E-state index < -0.39 is 11.9 Å². The summed E-state index contributed by atoms with van der Waals surface area (Å²) in [6.45, 7) is -0.285. The van der Waals surface area contributed by atoms with Crippen LogP contribution in [0, 0.1) is 0 Å². The van der Waals surface area contributed by atoms with Crippen LogP contribution in [0.25, 0.3) is 10.8 Å². The van der Waals surface area contributed by atoms with Crippen LogP contribution in [-0.2, 0) is 20.9 Å². The first-order valence-electron chi connectivity index (χ1n) is 8.33. The van der Waals surface area contributed by atoms with Crippen LogP contribution in [0.5, 0.6) is 0 Å². The molecule has 1 heterocycles. The van der Waals surface area contributed by atoms with Crippen molar-refractivity contribution in [1.29, 1.82) is 0 Å². The largest absolute Gasteiger partial charge is 0.454 e. The minimum absolute atomic E-state index is 0.302. The number of carbonyl (C=O) groups excluding carboxylic acids is 3. The van der Waals surface area contributed by atoms with Gasteiger partial charge in [-0.05, 0) is 34.4 Å². The highest BCUT2D eigenvalue weighted by Gasteiger charge is 2.11. The normalized spacial score (nSPS) is 10.4. The number of benzene rings is 2. The molecule has 0 unspecified atom stereocenters. The molecule has 3 rings (SSSR count). The second-order valence-electron chi connectivity index (χ2n) is 5.76. The zero-order valence-electron chi connectivity index (χ0n) is 14.4. The molecule has 0 saturated carbocycles. The van der Waals surface area contributed by atoms with Crippen molar-refractivity contribution in [2.45, 2.75) is 6.54 Å². The van der Waals surface area contributed by atoms with E-state index >= 15 is 0 Å². The number of nitrogens with one attached hydrogen (secondary N) is 2. The fourth-order valence-electron chi connectivity index (χ4n) is 2.43. The Kier molecular flexibility index (Phi) is 6.17. The van der Waals surface area contributed by atoms with Crippen LogP contribution in [0.3, 0.4) is 0 Å². The van der Waals surface area contributed by atoms with Gasteiger partial charge in [0.1, 0.15) is 6.54 Å². The SMILES string of the molecule is O=C(COC(=O)CNC(=O)c1ccc2ccccc2c1)NCc1cccs1. The van der Waals surface area contributed by atoms with Crippen LogP contribution < -0.4 is 10.6 Å². The van der Waals surface area contributed by atoms with E-state index in [2.05, 4.69) is 10.6 Å². The molecule has 2 amide bonds. The Bertz CT molecular complexity index is 954. The van der Waals surface area contributed by atoms with Gasteiger partial charge in [-0.25, -0.2) is 0 Å². The quantitative estimate of drug-likeness (QED) is 0.615. The van der Waals surface area contributed by atoms with Crippen LogP contribution in [0.2, 0.25) is 0 Å². The fraction of sp³-hybridized carbons (Fsp3) is 0.150. The lowest BCUT2D eigenvalue weighted by atomic mass is 10.1. The molecule has 27 heavy (non-hydrogen) atoms. The van der Waals surface area contributed by atoms with Gasteiger partial charge in [0.05, 0.1) is 6.54 Å². The second-order valence-corrected chi connectivity index (χ2v) is 6.79. The van der Waals surface area contributed by atoms with Gasteiger partial charge in [0, 0.05) is 10.4 Å². The molecule has 138 valence electrons. The van der Waals surface area contributed by atoms with Crippen molar-refractivity contribution < 1.29 is 19.1 Å². The summed E-state index contributed by atoms with van der Waals surface area (Å²) in [5, 5.41) is 9.04. The molecule has 0 atom stereocenters. The standard InChI is InChI=1S/C20H18N2O4S/c23-18(21-11-17-6-3-9-27-17)13-26-19(24)12-22-20(25)16-8-7-14-4-1-2-5-15(14)10-16/h1-10H,11-13H2,(H,21,23)(H,22,25). The molecular weight excluding hydrogens is 364 g/mol. The van der Waals surface area contributed by atoms with Crippen molar-refractivity contribution in [3.05, 3.63) is 70.4 Å². The third-order valence-electron chi connectivity index (χ3n) is 3.81. The zero-order valence-corrected chi connectivity index (χ0v) is 15.3. The van der Waals surface area contributed by atoms with Crippen molar-refractivity contribution in [3.63, 3.8) is 0 Å². The molecule has 0 aliphatic carbocycles. The van der Waals surface area contributed by atoms with Crippen molar-refractivity contribution in [3.8, 4) is 0 Å². The molecule has 6 nitrogen and oxygen atoms in total. The third kappa shape index (κ3) is 5.39. The first kappa shape index (κ1) is 18.6. The topological polar surface area (TPSA) is 84.5 Å². The summed E-state index contributed by atoms with van der Waals surface area (Å²) >= 11 is 1.53. The summed E-state index contributed by atoms with van der Waals surface area (Å²) < 4.78 is 4.87. The molecule has 2 N–H and O–H groups in total. The molecule has 1 aromatic heterocycles. The first-order chi connectivity index (χ1) is 13.1. The fourth-order valence-corrected chi connectivity index (χ4v) is 3.08. The predicted molar refractivity (Wildman–Crippen MR) is 103 cm³/mol.